The molecule has 0 radical (unpaired) electrons. The van der Waals surface area contributed by atoms with Crippen LogP contribution in [0, 0.1) is 12.7 Å². The maximum atomic E-state index is 14.2. The molecule has 4 aromatic rings. The molecule has 7 heteroatoms. The summed E-state index contributed by atoms with van der Waals surface area (Å²) in [6, 6.07) is 13.6. The van der Waals surface area contributed by atoms with Crippen LogP contribution in [0.5, 0.6) is 11.5 Å². The molecule has 1 N–H and O–H groups in total. The van der Waals surface area contributed by atoms with E-state index in [1.165, 1.54) is 12.4 Å². The Morgan fingerprint density at radius 3 is 2.70 bits per heavy atom. The number of hydrogen-bond acceptors (Lipinski definition) is 5. The highest BCUT2D eigenvalue weighted by molar-refractivity contribution is 6.32. The third-order valence-electron chi connectivity index (χ3n) is 3.92. The third-order valence-corrected chi connectivity index (χ3v) is 4.21. The van der Waals surface area contributed by atoms with Gasteiger partial charge in [-0.25, -0.2) is 14.4 Å². The molecule has 5 nitrogen and oxygen atoms in total. The monoisotopic (exact) mass is 380 g/mol. The Bertz CT molecular complexity index is 1110. The molecule has 4 rings (SSSR count). The van der Waals surface area contributed by atoms with Crippen LogP contribution in [0.4, 0.5) is 15.9 Å². The van der Waals surface area contributed by atoms with Gasteiger partial charge < -0.3 is 10.1 Å². The lowest BCUT2D eigenvalue weighted by molar-refractivity contribution is 0.480. The van der Waals surface area contributed by atoms with Crippen molar-refractivity contribution in [3.05, 3.63) is 77.6 Å². The highest BCUT2D eigenvalue weighted by Gasteiger charge is 2.10. The molecule has 0 bridgehead atoms. The molecule has 0 aliphatic rings. The van der Waals surface area contributed by atoms with E-state index < -0.39 is 5.82 Å². The first-order valence-electron chi connectivity index (χ1n) is 8.16. The van der Waals surface area contributed by atoms with Crippen LogP contribution in [0.25, 0.3) is 10.9 Å². The van der Waals surface area contributed by atoms with Gasteiger partial charge in [-0.1, -0.05) is 17.7 Å². The number of ether oxygens (including phenoxy) is 1. The molecular weight excluding hydrogens is 367 g/mol. The second-order valence-electron chi connectivity index (χ2n) is 5.86. The van der Waals surface area contributed by atoms with Crippen LogP contribution in [0.1, 0.15) is 5.69 Å². The van der Waals surface area contributed by atoms with Crippen molar-refractivity contribution in [1.82, 2.24) is 15.0 Å². The van der Waals surface area contributed by atoms with Gasteiger partial charge in [0.05, 0.1) is 22.1 Å². The van der Waals surface area contributed by atoms with E-state index in [2.05, 4.69) is 20.3 Å². The number of halogens is 2. The fraction of sp³-hybridized carbons (Fsp3) is 0.0500. The van der Waals surface area contributed by atoms with Gasteiger partial charge in [0.25, 0.3) is 0 Å². The van der Waals surface area contributed by atoms with Gasteiger partial charge in [-0.05, 0) is 49.4 Å². The van der Waals surface area contributed by atoms with Gasteiger partial charge in [0, 0.05) is 11.4 Å². The van der Waals surface area contributed by atoms with Gasteiger partial charge in [-0.3, -0.25) is 4.98 Å². The SMILES string of the molecule is Cc1ccc(Oc2ccc(Nc3ncnc4cccc(F)c34)cc2Cl)cn1. The topological polar surface area (TPSA) is 59.9 Å². The van der Waals surface area contributed by atoms with Crippen molar-refractivity contribution < 1.29 is 9.13 Å². The first-order valence-corrected chi connectivity index (χ1v) is 8.54. The standard InChI is InChI=1S/C20H14ClFN4O/c1-12-5-7-14(10-23-12)27-18-8-6-13(9-15(18)21)26-20-19-16(22)3-2-4-17(19)24-11-25-20/h2-11H,1H3,(H,24,25,26). The Morgan fingerprint density at radius 2 is 1.93 bits per heavy atom. The van der Waals surface area contributed by atoms with Crippen LogP contribution >= 0.6 is 11.6 Å². The van der Waals surface area contributed by atoms with E-state index in [4.69, 9.17) is 16.3 Å². The quantitative estimate of drug-likeness (QED) is 0.495. The van der Waals surface area contributed by atoms with Crippen LogP contribution < -0.4 is 10.1 Å². The van der Waals surface area contributed by atoms with E-state index in [0.717, 1.165) is 5.69 Å². The van der Waals surface area contributed by atoms with Crippen molar-refractivity contribution in [2.24, 2.45) is 0 Å². The van der Waals surface area contributed by atoms with Gasteiger partial charge in [0.1, 0.15) is 29.5 Å². The number of pyridine rings is 1. The van der Waals surface area contributed by atoms with Crippen LogP contribution in [0.15, 0.2) is 61.1 Å². The molecule has 2 aromatic heterocycles. The van der Waals surface area contributed by atoms with Crippen molar-refractivity contribution >= 4 is 34.0 Å². The largest absolute Gasteiger partial charge is 0.454 e. The molecule has 0 unspecified atom stereocenters. The molecule has 0 fully saturated rings. The van der Waals surface area contributed by atoms with E-state index in [-0.39, 0.29) is 0 Å². The highest BCUT2D eigenvalue weighted by Crippen LogP contribution is 2.33. The number of hydrogen-bond donors (Lipinski definition) is 1. The number of nitrogens with zero attached hydrogens (tertiary/aromatic N) is 3. The van der Waals surface area contributed by atoms with E-state index in [1.54, 1.807) is 36.5 Å². The van der Waals surface area contributed by atoms with Crippen molar-refractivity contribution in [3.8, 4) is 11.5 Å². The van der Waals surface area contributed by atoms with Gasteiger partial charge in [0.2, 0.25) is 0 Å². The van der Waals surface area contributed by atoms with Gasteiger partial charge in [-0.15, -0.1) is 0 Å². The van der Waals surface area contributed by atoms with E-state index in [9.17, 15) is 4.39 Å². The molecular formula is C20H14ClFN4O. The summed E-state index contributed by atoms with van der Waals surface area (Å²) >= 11 is 6.33. The molecule has 2 aromatic carbocycles. The molecule has 2 heterocycles. The van der Waals surface area contributed by atoms with Crippen molar-refractivity contribution in [2.45, 2.75) is 6.92 Å². The second kappa shape index (κ2) is 7.17. The smallest absolute Gasteiger partial charge is 0.146 e. The Morgan fingerprint density at radius 1 is 1.04 bits per heavy atom. The minimum Gasteiger partial charge on any atom is -0.454 e. The zero-order valence-electron chi connectivity index (χ0n) is 14.3. The molecule has 0 saturated carbocycles. The minimum atomic E-state index is -0.395. The Hall–Kier alpha value is -3.25. The van der Waals surface area contributed by atoms with Crippen molar-refractivity contribution in [2.75, 3.05) is 5.32 Å². The fourth-order valence-electron chi connectivity index (χ4n) is 2.60. The predicted molar refractivity (Wildman–Crippen MR) is 103 cm³/mol. The van der Waals surface area contributed by atoms with Crippen molar-refractivity contribution in [1.29, 1.82) is 0 Å². The Labute approximate surface area is 159 Å². The molecule has 0 amide bonds. The number of rotatable bonds is 4. The number of fused-ring (bicyclic) bond motifs is 1. The normalized spacial score (nSPS) is 10.8. The first-order chi connectivity index (χ1) is 13.1. The number of aryl methyl sites for hydroxylation is 1. The summed E-state index contributed by atoms with van der Waals surface area (Å²) in [5, 5.41) is 3.81. The second-order valence-corrected chi connectivity index (χ2v) is 6.27. The molecule has 0 saturated heterocycles. The number of aromatic nitrogens is 3. The summed E-state index contributed by atoms with van der Waals surface area (Å²) < 4.78 is 19.9. The number of anilines is 2. The predicted octanol–water partition coefficient (Wildman–Crippen LogP) is 5.66. The molecule has 0 spiro atoms. The zero-order chi connectivity index (χ0) is 18.8. The number of benzene rings is 2. The van der Waals surface area contributed by atoms with E-state index >= 15 is 0 Å². The third kappa shape index (κ3) is 3.66. The summed E-state index contributed by atoms with van der Waals surface area (Å²) in [7, 11) is 0. The molecule has 0 aliphatic heterocycles. The summed E-state index contributed by atoms with van der Waals surface area (Å²) in [6.07, 6.45) is 3.02. The van der Waals surface area contributed by atoms with E-state index in [0.29, 0.717) is 38.9 Å². The van der Waals surface area contributed by atoms with Crippen LogP contribution in [0.2, 0.25) is 5.02 Å². The van der Waals surface area contributed by atoms with Crippen LogP contribution in [-0.4, -0.2) is 15.0 Å². The fourth-order valence-corrected chi connectivity index (χ4v) is 2.82. The highest BCUT2D eigenvalue weighted by atomic mass is 35.5. The molecule has 134 valence electrons. The lowest BCUT2D eigenvalue weighted by atomic mass is 10.2. The zero-order valence-corrected chi connectivity index (χ0v) is 15.0. The lowest BCUT2D eigenvalue weighted by Crippen LogP contribution is -1.98. The van der Waals surface area contributed by atoms with Gasteiger partial charge in [0.15, 0.2) is 0 Å². The van der Waals surface area contributed by atoms with Crippen molar-refractivity contribution in [3.63, 3.8) is 0 Å². The summed E-state index contributed by atoms with van der Waals surface area (Å²) in [5.41, 5.74) is 2.07. The van der Waals surface area contributed by atoms with Gasteiger partial charge >= 0.3 is 0 Å². The average Bonchev–Trinajstić information content (AvgIpc) is 2.66. The summed E-state index contributed by atoms with van der Waals surface area (Å²) in [4.78, 5) is 12.4. The van der Waals surface area contributed by atoms with Crippen LogP contribution in [0.3, 0.4) is 0 Å². The van der Waals surface area contributed by atoms with E-state index in [1.807, 2.05) is 19.1 Å². The Kier molecular flexibility index (Phi) is 4.56. The minimum absolute atomic E-state index is 0.321. The Balaban J connectivity index is 1.61. The molecule has 0 aliphatic carbocycles. The average molecular weight is 381 g/mol. The maximum Gasteiger partial charge on any atom is 0.146 e. The lowest BCUT2D eigenvalue weighted by Gasteiger charge is -2.12. The number of nitrogens with one attached hydrogen (secondary N) is 1. The molecule has 27 heavy (non-hydrogen) atoms. The summed E-state index contributed by atoms with van der Waals surface area (Å²) in [5.74, 6) is 1.05. The molecule has 0 atom stereocenters. The van der Waals surface area contributed by atoms with Gasteiger partial charge in [-0.2, -0.15) is 0 Å². The first kappa shape index (κ1) is 17.2. The summed E-state index contributed by atoms with van der Waals surface area (Å²) in [6.45, 7) is 1.90. The van der Waals surface area contributed by atoms with Crippen LogP contribution in [-0.2, 0) is 0 Å². The maximum absolute atomic E-state index is 14.2.